The van der Waals surface area contributed by atoms with Crippen LogP contribution in [-0.4, -0.2) is 0 Å². The summed E-state index contributed by atoms with van der Waals surface area (Å²) >= 11 is 3.38. The Labute approximate surface area is 122 Å². The quantitative estimate of drug-likeness (QED) is 0.772. The molecule has 100 valence electrons. The molecule has 2 aromatic carbocycles. The van der Waals surface area contributed by atoms with E-state index in [1.807, 2.05) is 30.3 Å². The standard InChI is InChI=1S/C16H18BrNO/c1-3-11(2)12-4-7-14(8-5-12)19-16-9-6-13(17)10-15(16)18/h4-11H,3,18H2,1-2H3/t11-/m0/s1. The van der Waals surface area contributed by atoms with Crippen molar-refractivity contribution in [3.8, 4) is 11.5 Å². The van der Waals surface area contributed by atoms with Crippen LogP contribution in [0.2, 0.25) is 0 Å². The molecule has 2 aromatic rings. The van der Waals surface area contributed by atoms with Gasteiger partial charge in [0.25, 0.3) is 0 Å². The van der Waals surface area contributed by atoms with E-state index >= 15 is 0 Å². The van der Waals surface area contributed by atoms with E-state index < -0.39 is 0 Å². The predicted octanol–water partition coefficient (Wildman–Crippen LogP) is 5.34. The van der Waals surface area contributed by atoms with Crippen molar-refractivity contribution in [1.82, 2.24) is 0 Å². The van der Waals surface area contributed by atoms with Crippen LogP contribution in [0.15, 0.2) is 46.9 Å². The lowest BCUT2D eigenvalue weighted by molar-refractivity contribution is 0.484. The van der Waals surface area contributed by atoms with Gasteiger partial charge in [-0.1, -0.05) is 41.9 Å². The molecular formula is C16H18BrNO. The second kappa shape index (κ2) is 6.11. The molecule has 0 aliphatic carbocycles. The van der Waals surface area contributed by atoms with Gasteiger partial charge < -0.3 is 10.5 Å². The number of ether oxygens (including phenoxy) is 1. The first-order valence-electron chi connectivity index (χ1n) is 6.43. The van der Waals surface area contributed by atoms with Crippen molar-refractivity contribution in [2.45, 2.75) is 26.2 Å². The zero-order valence-electron chi connectivity index (χ0n) is 11.2. The van der Waals surface area contributed by atoms with Crippen molar-refractivity contribution in [2.24, 2.45) is 0 Å². The summed E-state index contributed by atoms with van der Waals surface area (Å²) in [6.45, 7) is 4.42. The Morgan fingerprint density at radius 3 is 2.42 bits per heavy atom. The van der Waals surface area contributed by atoms with Crippen LogP contribution in [-0.2, 0) is 0 Å². The van der Waals surface area contributed by atoms with Gasteiger partial charge >= 0.3 is 0 Å². The van der Waals surface area contributed by atoms with Crippen LogP contribution >= 0.6 is 15.9 Å². The molecule has 2 rings (SSSR count). The van der Waals surface area contributed by atoms with Crippen LogP contribution in [0.4, 0.5) is 5.69 Å². The summed E-state index contributed by atoms with van der Waals surface area (Å²) in [5, 5.41) is 0. The van der Waals surface area contributed by atoms with E-state index in [2.05, 4.69) is 41.9 Å². The molecule has 1 atom stereocenters. The maximum absolute atomic E-state index is 5.91. The lowest BCUT2D eigenvalue weighted by Crippen LogP contribution is -1.93. The van der Waals surface area contributed by atoms with Crippen LogP contribution < -0.4 is 10.5 Å². The average Bonchev–Trinajstić information content (AvgIpc) is 2.42. The highest BCUT2D eigenvalue weighted by molar-refractivity contribution is 9.10. The number of halogens is 1. The highest BCUT2D eigenvalue weighted by Gasteiger charge is 2.05. The monoisotopic (exact) mass is 319 g/mol. The summed E-state index contributed by atoms with van der Waals surface area (Å²) in [7, 11) is 0. The molecule has 3 heteroatoms. The number of hydrogen-bond donors (Lipinski definition) is 1. The van der Waals surface area contributed by atoms with Gasteiger partial charge in [0.2, 0.25) is 0 Å². The number of hydrogen-bond acceptors (Lipinski definition) is 2. The van der Waals surface area contributed by atoms with Crippen LogP contribution in [0, 0.1) is 0 Å². The summed E-state index contributed by atoms with van der Waals surface area (Å²) in [6, 6.07) is 13.8. The fraction of sp³-hybridized carbons (Fsp3) is 0.250. The van der Waals surface area contributed by atoms with E-state index in [0.717, 1.165) is 16.6 Å². The van der Waals surface area contributed by atoms with Crippen LogP contribution in [0.5, 0.6) is 11.5 Å². The molecular weight excluding hydrogens is 302 g/mol. The molecule has 0 saturated heterocycles. The van der Waals surface area contributed by atoms with Crippen molar-refractivity contribution in [3.05, 3.63) is 52.5 Å². The average molecular weight is 320 g/mol. The third kappa shape index (κ3) is 3.51. The summed E-state index contributed by atoms with van der Waals surface area (Å²) < 4.78 is 6.74. The molecule has 0 radical (unpaired) electrons. The first kappa shape index (κ1) is 13.9. The summed E-state index contributed by atoms with van der Waals surface area (Å²) in [6.07, 6.45) is 1.14. The van der Waals surface area contributed by atoms with Crippen molar-refractivity contribution >= 4 is 21.6 Å². The van der Waals surface area contributed by atoms with Gasteiger partial charge in [-0.25, -0.2) is 0 Å². The minimum Gasteiger partial charge on any atom is -0.455 e. The number of nitrogen functional groups attached to an aromatic ring is 1. The smallest absolute Gasteiger partial charge is 0.150 e. The largest absolute Gasteiger partial charge is 0.455 e. The van der Waals surface area contributed by atoms with Crippen LogP contribution in [0.1, 0.15) is 31.7 Å². The highest BCUT2D eigenvalue weighted by atomic mass is 79.9. The van der Waals surface area contributed by atoms with Gasteiger partial charge in [0.15, 0.2) is 0 Å². The van der Waals surface area contributed by atoms with Gasteiger partial charge in [-0.3, -0.25) is 0 Å². The number of anilines is 1. The molecule has 0 fully saturated rings. The van der Waals surface area contributed by atoms with Gasteiger partial charge in [-0.15, -0.1) is 0 Å². The Morgan fingerprint density at radius 1 is 1.16 bits per heavy atom. The fourth-order valence-corrected chi connectivity index (χ4v) is 2.22. The van der Waals surface area contributed by atoms with Gasteiger partial charge in [0.1, 0.15) is 11.5 Å². The molecule has 0 amide bonds. The Kier molecular flexibility index (Phi) is 4.48. The summed E-state index contributed by atoms with van der Waals surface area (Å²) in [5.41, 5.74) is 7.87. The lowest BCUT2D eigenvalue weighted by Gasteiger charge is -2.11. The number of benzene rings is 2. The Hall–Kier alpha value is -1.48. The topological polar surface area (TPSA) is 35.2 Å². The van der Waals surface area contributed by atoms with E-state index in [1.165, 1.54) is 5.56 Å². The number of rotatable bonds is 4. The normalized spacial score (nSPS) is 12.2. The molecule has 0 aromatic heterocycles. The predicted molar refractivity (Wildman–Crippen MR) is 83.8 cm³/mol. The fourth-order valence-electron chi connectivity index (χ4n) is 1.84. The number of nitrogens with two attached hydrogens (primary N) is 1. The molecule has 0 aliphatic heterocycles. The lowest BCUT2D eigenvalue weighted by atomic mass is 9.99. The second-order valence-electron chi connectivity index (χ2n) is 4.66. The van der Waals surface area contributed by atoms with Crippen molar-refractivity contribution in [2.75, 3.05) is 5.73 Å². The molecule has 0 saturated carbocycles. The van der Waals surface area contributed by atoms with Gasteiger partial charge in [-0.2, -0.15) is 0 Å². The maximum atomic E-state index is 5.91. The molecule has 0 heterocycles. The third-order valence-electron chi connectivity index (χ3n) is 3.26. The molecule has 0 aliphatic rings. The molecule has 19 heavy (non-hydrogen) atoms. The summed E-state index contributed by atoms with van der Waals surface area (Å²) in [4.78, 5) is 0. The van der Waals surface area contributed by atoms with Crippen molar-refractivity contribution in [3.63, 3.8) is 0 Å². The highest BCUT2D eigenvalue weighted by Crippen LogP contribution is 2.30. The molecule has 2 nitrogen and oxygen atoms in total. The van der Waals surface area contributed by atoms with Gasteiger partial charge in [0, 0.05) is 4.47 Å². The second-order valence-corrected chi connectivity index (χ2v) is 5.58. The van der Waals surface area contributed by atoms with Gasteiger partial charge in [0.05, 0.1) is 5.69 Å². The van der Waals surface area contributed by atoms with E-state index in [1.54, 1.807) is 0 Å². The molecule has 2 N–H and O–H groups in total. The van der Waals surface area contributed by atoms with E-state index in [4.69, 9.17) is 10.5 Å². The van der Waals surface area contributed by atoms with Crippen molar-refractivity contribution < 1.29 is 4.74 Å². The van der Waals surface area contributed by atoms with Gasteiger partial charge in [-0.05, 0) is 48.2 Å². The summed E-state index contributed by atoms with van der Waals surface area (Å²) in [5.74, 6) is 2.06. The first-order chi connectivity index (χ1) is 9.10. The minimum absolute atomic E-state index is 0.576. The molecule has 0 bridgehead atoms. The Morgan fingerprint density at radius 2 is 1.84 bits per heavy atom. The Balaban J connectivity index is 2.15. The zero-order valence-corrected chi connectivity index (χ0v) is 12.8. The third-order valence-corrected chi connectivity index (χ3v) is 3.75. The van der Waals surface area contributed by atoms with E-state index in [9.17, 15) is 0 Å². The van der Waals surface area contributed by atoms with Crippen LogP contribution in [0.3, 0.4) is 0 Å². The SMILES string of the molecule is CC[C@H](C)c1ccc(Oc2ccc(Br)cc2N)cc1. The minimum atomic E-state index is 0.576. The van der Waals surface area contributed by atoms with E-state index in [-0.39, 0.29) is 0 Å². The van der Waals surface area contributed by atoms with Crippen LogP contribution in [0.25, 0.3) is 0 Å². The molecule has 0 unspecified atom stereocenters. The Bertz CT molecular complexity index is 551. The van der Waals surface area contributed by atoms with Crippen molar-refractivity contribution in [1.29, 1.82) is 0 Å². The van der Waals surface area contributed by atoms with E-state index in [0.29, 0.717) is 17.4 Å². The maximum Gasteiger partial charge on any atom is 0.150 e. The first-order valence-corrected chi connectivity index (χ1v) is 7.22. The zero-order chi connectivity index (χ0) is 13.8. The molecule has 0 spiro atoms.